The van der Waals surface area contributed by atoms with Crippen LogP contribution in [0.2, 0.25) is 0 Å². The largest absolute Gasteiger partial charge is 0.481 e. The minimum absolute atomic E-state index is 0.183. The number of carboxylic acid groups (broad SMARTS) is 1. The highest BCUT2D eigenvalue weighted by Crippen LogP contribution is 2.43. The maximum absolute atomic E-state index is 12.9. The van der Waals surface area contributed by atoms with Gasteiger partial charge in [0.2, 0.25) is 0 Å². The second-order valence-electron chi connectivity index (χ2n) is 4.87. The lowest BCUT2D eigenvalue weighted by Crippen LogP contribution is -2.56. The molecule has 1 atom stereocenters. The predicted octanol–water partition coefficient (Wildman–Crippen LogP) is 1.53. The van der Waals surface area contributed by atoms with E-state index >= 15 is 0 Å². The summed E-state index contributed by atoms with van der Waals surface area (Å²) in [5.74, 6) is -1.21. The number of nitrogens with zero attached hydrogens (tertiary/aromatic N) is 1. The average Bonchev–Trinajstić information content (AvgIpc) is 2.23. The summed E-state index contributed by atoms with van der Waals surface area (Å²) in [5.41, 5.74) is -0.159. The summed E-state index contributed by atoms with van der Waals surface area (Å²) in [6.45, 7) is 0.366. The van der Waals surface area contributed by atoms with Gasteiger partial charge in [0, 0.05) is 0 Å². The van der Waals surface area contributed by atoms with Gasteiger partial charge in [0.15, 0.2) is 0 Å². The number of aliphatic carboxylic acids is 1. The van der Waals surface area contributed by atoms with Crippen molar-refractivity contribution in [3.63, 3.8) is 0 Å². The van der Waals surface area contributed by atoms with Crippen LogP contribution in [0.3, 0.4) is 0 Å². The van der Waals surface area contributed by atoms with Gasteiger partial charge in [0.1, 0.15) is 11.2 Å². The van der Waals surface area contributed by atoms with Crippen molar-refractivity contribution >= 4 is 5.97 Å². The van der Waals surface area contributed by atoms with Crippen LogP contribution in [0.5, 0.6) is 0 Å². The summed E-state index contributed by atoms with van der Waals surface area (Å²) < 4.78 is 18.0. The molecule has 0 saturated carbocycles. The van der Waals surface area contributed by atoms with Crippen LogP contribution < -0.4 is 0 Å². The van der Waals surface area contributed by atoms with Crippen LogP contribution in [0.4, 0.5) is 4.39 Å². The van der Waals surface area contributed by atoms with Crippen molar-refractivity contribution in [1.82, 2.24) is 4.90 Å². The molecule has 1 N–H and O–H groups in total. The molecule has 18 heavy (non-hydrogen) atoms. The zero-order chi connectivity index (χ0) is 13.3. The molecule has 0 spiro atoms. The highest BCUT2D eigenvalue weighted by Gasteiger charge is 2.54. The molecule has 0 amide bonds. The van der Waals surface area contributed by atoms with Crippen molar-refractivity contribution in [2.45, 2.75) is 6.04 Å². The minimum atomic E-state index is -0.943. The second kappa shape index (κ2) is 4.66. The lowest BCUT2D eigenvalue weighted by atomic mass is 9.74. The quantitative estimate of drug-likeness (QED) is 0.884. The monoisotopic (exact) mass is 253 g/mol. The van der Waals surface area contributed by atoms with Gasteiger partial charge in [-0.1, -0.05) is 12.1 Å². The van der Waals surface area contributed by atoms with E-state index < -0.39 is 11.4 Å². The Kier molecular flexibility index (Phi) is 3.36. The van der Waals surface area contributed by atoms with Gasteiger partial charge in [-0.05, 0) is 31.8 Å². The number of hydrogen-bond acceptors (Lipinski definition) is 3. The Morgan fingerprint density at radius 1 is 1.39 bits per heavy atom. The molecule has 1 saturated heterocycles. The number of ether oxygens (including phenoxy) is 1. The van der Waals surface area contributed by atoms with Gasteiger partial charge in [0.05, 0.1) is 19.3 Å². The van der Waals surface area contributed by atoms with Crippen LogP contribution in [0.15, 0.2) is 24.3 Å². The first kappa shape index (κ1) is 13.0. The molecule has 1 heterocycles. The number of carbonyl (C=O) groups is 1. The Labute approximate surface area is 105 Å². The predicted molar refractivity (Wildman–Crippen MR) is 63.7 cm³/mol. The molecule has 0 radical (unpaired) electrons. The third-order valence-electron chi connectivity index (χ3n) is 3.37. The van der Waals surface area contributed by atoms with E-state index in [2.05, 4.69) is 0 Å². The number of hydrogen-bond donors (Lipinski definition) is 1. The zero-order valence-electron chi connectivity index (χ0n) is 10.4. The molecule has 1 aromatic rings. The van der Waals surface area contributed by atoms with E-state index in [0.717, 1.165) is 5.56 Å². The number of halogens is 1. The van der Waals surface area contributed by atoms with Crippen LogP contribution in [0.1, 0.15) is 11.6 Å². The molecule has 0 aromatic heterocycles. The topological polar surface area (TPSA) is 49.8 Å². The van der Waals surface area contributed by atoms with E-state index in [1.165, 1.54) is 12.1 Å². The standard InChI is InChI=1S/C13H16FNO3/c1-15(2)11(9-3-5-10(14)6-4-9)13(12(16)17)7-18-8-13/h3-6,11H,7-8H2,1-2H3,(H,16,17). The van der Waals surface area contributed by atoms with E-state index in [9.17, 15) is 14.3 Å². The third-order valence-corrected chi connectivity index (χ3v) is 3.37. The van der Waals surface area contributed by atoms with Gasteiger partial charge >= 0.3 is 5.97 Å². The fourth-order valence-electron chi connectivity index (χ4n) is 2.48. The summed E-state index contributed by atoms with van der Waals surface area (Å²) >= 11 is 0. The van der Waals surface area contributed by atoms with Crippen molar-refractivity contribution in [2.24, 2.45) is 5.41 Å². The van der Waals surface area contributed by atoms with Gasteiger partial charge in [-0.2, -0.15) is 0 Å². The average molecular weight is 253 g/mol. The molecular formula is C13H16FNO3. The van der Waals surface area contributed by atoms with Crippen molar-refractivity contribution in [1.29, 1.82) is 0 Å². The molecule has 1 unspecified atom stereocenters. The molecule has 0 bridgehead atoms. The van der Waals surface area contributed by atoms with Crippen LogP contribution in [-0.2, 0) is 9.53 Å². The lowest BCUT2D eigenvalue weighted by Gasteiger charge is -2.46. The number of rotatable bonds is 4. The van der Waals surface area contributed by atoms with Crippen LogP contribution in [0.25, 0.3) is 0 Å². The summed E-state index contributed by atoms with van der Waals surface area (Å²) in [7, 11) is 3.63. The van der Waals surface area contributed by atoms with Crippen LogP contribution >= 0.6 is 0 Å². The highest BCUT2D eigenvalue weighted by atomic mass is 19.1. The first-order valence-electron chi connectivity index (χ1n) is 5.70. The smallest absolute Gasteiger partial charge is 0.316 e. The summed E-state index contributed by atoms with van der Waals surface area (Å²) in [4.78, 5) is 13.3. The van der Waals surface area contributed by atoms with Gasteiger partial charge in [-0.15, -0.1) is 0 Å². The SMILES string of the molecule is CN(C)C(c1ccc(F)cc1)C1(C(=O)O)COC1. The molecule has 4 nitrogen and oxygen atoms in total. The number of benzene rings is 1. The Balaban J connectivity index is 2.39. The van der Waals surface area contributed by atoms with E-state index in [4.69, 9.17) is 4.74 Å². The van der Waals surface area contributed by atoms with Crippen LogP contribution in [-0.4, -0.2) is 43.3 Å². The lowest BCUT2D eigenvalue weighted by molar-refractivity contribution is -0.193. The Morgan fingerprint density at radius 3 is 2.28 bits per heavy atom. The normalized spacial score (nSPS) is 19.3. The fraction of sp³-hybridized carbons (Fsp3) is 0.462. The van der Waals surface area contributed by atoms with Gasteiger partial charge in [-0.3, -0.25) is 4.79 Å². The first-order valence-corrected chi connectivity index (χ1v) is 5.70. The maximum atomic E-state index is 12.9. The van der Waals surface area contributed by atoms with Crippen molar-refractivity contribution in [3.8, 4) is 0 Å². The summed E-state index contributed by atoms with van der Waals surface area (Å²) in [6, 6.07) is 5.62. The van der Waals surface area contributed by atoms with E-state index in [1.807, 2.05) is 19.0 Å². The Hall–Kier alpha value is -1.46. The molecule has 1 aliphatic heterocycles. The molecule has 5 heteroatoms. The Bertz CT molecular complexity index is 440. The van der Waals surface area contributed by atoms with Gasteiger partial charge in [-0.25, -0.2) is 4.39 Å². The van der Waals surface area contributed by atoms with Crippen LogP contribution in [0, 0.1) is 11.2 Å². The van der Waals surface area contributed by atoms with Crippen molar-refractivity contribution < 1.29 is 19.0 Å². The summed E-state index contributed by atoms with van der Waals surface area (Å²) in [6.07, 6.45) is 0. The first-order chi connectivity index (χ1) is 8.47. The molecule has 2 rings (SSSR count). The molecule has 98 valence electrons. The van der Waals surface area contributed by atoms with Gasteiger partial charge < -0.3 is 14.7 Å². The molecule has 0 aliphatic carbocycles. The molecule has 1 aliphatic rings. The van der Waals surface area contributed by atoms with E-state index in [0.29, 0.717) is 0 Å². The zero-order valence-corrected chi connectivity index (χ0v) is 10.4. The fourth-order valence-corrected chi connectivity index (χ4v) is 2.48. The minimum Gasteiger partial charge on any atom is -0.481 e. The maximum Gasteiger partial charge on any atom is 0.316 e. The van der Waals surface area contributed by atoms with E-state index in [1.54, 1.807) is 12.1 Å². The third kappa shape index (κ3) is 2.00. The number of carboxylic acids is 1. The van der Waals surface area contributed by atoms with Crippen molar-refractivity contribution in [3.05, 3.63) is 35.6 Å². The van der Waals surface area contributed by atoms with E-state index in [-0.39, 0.29) is 25.1 Å². The summed E-state index contributed by atoms with van der Waals surface area (Å²) in [5, 5.41) is 9.44. The molecule has 1 aromatic carbocycles. The Morgan fingerprint density at radius 2 is 1.94 bits per heavy atom. The van der Waals surface area contributed by atoms with Crippen molar-refractivity contribution in [2.75, 3.05) is 27.3 Å². The molecule has 1 fully saturated rings. The highest BCUT2D eigenvalue weighted by molar-refractivity contribution is 5.77. The second-order valence-corrected chi connectivity index (χ2v) is 4.87. The molecular weight excluding hydrogens is 237 g/mol. The van der Waals surface area contributed by atoms with Gasteiger partial charge in [0.25, 0.3) is 0 Å².